The lowest BCUT2D eigenvalue weighted by molar-refractivity contribution is 0.669. The standard InChI is InChI=1S/C45H25N3OS2/c1-2-9-26(10-3-1)43-46-44(28-18-21-38-35(23-28)31-11-4-6-15-37(31)49-38)48-45(47-43)29-19-22-40-36(24-29)33-20-17-27(25-41(33)50-40)30-13-8-14-34-32-12-5-7-16-39(32)51-42(30)34/h1-25H. The highest BCUT2D eigenvalue weighted by atomic mass is 32.1. The van der Waals surface area contributed by atoms with Crippen molar-refractivity contribution in [3.63, 3.8) is 0 Å². The first-order chi connectivity index (χ1) is 25.2. The quantitative estimate of drug-likeness (QED) is 0.185. The molecular weight excluding hydrogens is 663 g/mol. The van der Waals surface area contributed by atoms with E-state index < -0.39 is 0 Å². The van der Waals surface area contributed by atoms with Gasteiger partial charge in [-0.2, -0.15) is 0 Å². The van der Waals surface area contributed by atoms with Crippen LogP contribution in [0, 0.1) is 0 Å². The lowest BCUT2D eigenvalue weighted by Gasteiger charge is -2.09. The second-order valence-corrected chi connectivity index (χ2v) is 14.9. The van der Waals surface area contributed by atoms with Crippen LogP contribution < -0.4 is 0 Å². The fourth-order valence-electron chi connectivity index (χ4n) is 7.27. The Labute approximate surface area is 299 Å². The third-order valence-corrected chi connectivity index (χ3v) is 12.1. The molecule has 0 atom stereocenters. The number of nitrogens with zero attached hydrogens (tertiary/aromatic N) is 3. The third-order valence-electron chi connectivity index (χ3n) is 9.75. The number of benzene rings is 7. The van der Waals surface area contributed by atoms with Crippen LogP contribution in [-0.2, 0) is 0 Å². The first kappa shape index (κ1) is 28.6. The highest BCUT2D eigenvalue weighted by Gasteiger charge is 2.17. The molecular formula is C45H25N3OS2. The van der Waals surface area contributed by atoms with Gasteiger partial charge in [0.2, 0.25) is 0 Å². The Kier molecular flexibility index (Phi) is 6.26. The van der Waals surface area contributed by atoms with Crippen LogP contribution in [0.5, 0.6) is 0 Å². The maximum atomic E-state index is 6.11. The van der Waals surface area contributed by atoms with Crippen LogP contribution in [-0.4, -0.2) is 15.0 Å². The number of para-hydroxylation sites is 1. The number of aromatic nitrogens is 3. The van der Waals surface area contributed by atoms with Crippen LogP contribution in [0.4, 0.5) is 0 Å². The third kappa shape index (κ3) is 4.61. The molecule has 7 aromatic carbocycles. The average Bonchev–Trinajstić information content (AvgIpc) is 3.88. The first-order valence-corrected chi connectivity index (χ1v) is 18.5. The number of thiophene rings is 2. The van der Waals surface area contributed by atoms with Crippen LogP contribution in [0.15, 0.2) is 156 Å². The minimum Gasteiger partial charge on any atom is -0.456 e. The fourth-order valence-corrected chi connectivity index (χ4v) is 9.64. The van der Waals surface area contributed by atoms with Gasteiger partial charge in [0.1, 0.15) is 11.2 Å². The van der Waals surface area contributed by atoms with Crippen LogP contribution in [0.2, 0.25) is 0 Å². The molecule has 51 heavy (non-hydrogen) atoms. The van der Waals surface area contributed by atoms with Crippen molar-refractivity contribution in [2.45, 2.75) is 0 Å². The monoisotopic (exact) mass is 687 g/mol. The van der Waals surface area contributed by atoms with E-state index >= 15 is 0 Å². The van der Waals surface area contributed by atoms with E-state index in [4.69, 9.17) is 19.4 Å². The molecule has 0 amide bonds. The minimum atomic E-state index is 0.626. The molecule has 0 fully saturated rings. The molecule has 4 aromatic heterocycles. The zero-order valence-electron chi connectivity index (χ0n) is 27.0. The van der Waals surface area contributed by atoms with Gasteiger partial charge in [0.05, 0.1) is 0 Å². The molecule has 0 aliphatic heterocycles. The summed E-state index contributed by atoms with van der Waals surface area (Å²) in [4.78, 5) is 15.1. The van der Waals surface area contributed by atoms with Gasteiger partial charge in [-0.25, -0.2) is 15.0 Å². The molecule has 0 saturated heterocycles. The Hall–Kier alpha value is -6.21. The zero-order chi connectivity index (χ0) is 33.5. The Morgan fingerprint density at radius 3 is 1.84 bits per heavy atom. The molecule has 11 aromatic rings. The summed E-state index contributed by atoms with van der Waals surface area (Å²) in [6.45, 7) is 0. The lowest BCUT2D eigenvalue weighted by Crippen LogP contribution is -2.00. The van der Waals surface area contributed by atoms with Crippen LogP contribution in [0.25, 0.3) is 108 Å². The van der Waals surface area contributed by atoms with E-state index in [2.05, 4.69) is 91.0 Å². The molecule has 11 rings (SSSR count). The van der Waals surface area contributed by atoms with Crippen molar-refractivity contribution in [3.05, 3.63) is 152 Å². The molecule has 0 N–H and O–H groups in total. The summed E-state index contributed by atoms with van der Waals surface area (Å²) in [6, 6.07) is 53.3. The van der Waals surface area contributed by atoms with E-state index in [1.807, 2.05) is 83.3 Å². The largest absolute Gasteiger partial charge is 0.456 e. The second-order valence-electron chi connectivity index (χ2n) is 12.8. The molecule has 0 bridgehead atoms. The van der Waals surface area contributed by atoms with Crippen molar-refractivity contribution in [2.75, 3.05) is 0 Å². The van der Waals surface area contributed by atoms with Crippen molar-refractivity contribution >= 4 is 85.0 Å². The molecule has 4 nitrogen and oxygen atoms in total. The summed E-state index contributed by atoms with van der Waals surface area (Å²) in [5.41, 5.74) is 7.04. The van der Waals surface area contributed by atoms with E-state index in [1.54, 1.807) is 0 Å². The predicted octanol–water partition coefficient (Wildman–Crippen LogP) is 13.2. The molecule has 0 saturated carbocycles. The van der Waals surface area contributed by atoms with Gasteiger partial charge in [-0.3, -0.25) is 0 Å². The van der Waals surface area contributed by atoms with Crippen LogP contribution in [0.3, 0.4) is 0 Å². The van der Waals surface area contributed by atoms with E-state index in [-0.39, 0.29) is 0 Å². The summed E-state index contributed by atoms with van der Waals surface area (Å²) in [5.74, 6) is 1.91. The molecule has 0 unspecified atom stereocenters. The summed E-state index contributed by atoms with van der Waals surface area (Å²) < 4.78 is 11.3. The minimum absolute atomic E-state index is 0.626. The van der Waals surface area contributed by atoms with Gasteiger partial charge in [-0.15, -0.1) is 22.7 Å². The van der Waals surface area contributed by atoms with Crippen molar-refractivity contribution in [1.82, 2.24) is 15.0 Å². The highest BCUT2D eigenvalue weighted by molar-refractivity contribution is 7.26. The highest BCUT2D eigenvalue weighted by Crippen LogP contribution is 2.43. The summed E-state index contributed by atoms with van der Waals surface area (Å²) in [5, 5.41) is 7.19. The van der Waals surface area contributed by atoms with Crippen LogP contribution >= 0.6 is 22.7 Å². The van der Waals surface area contributed by atoms with Gasteiger partial charge in [0, 0.05) is 67.8 Å². The second kappa shape index (κ2) is 11.2. The fraction of sp³-hybridized carbons (Fsp3) is 0. The van der Waals surface area contributed by atoms with E-state index in [1.165, 1.54) is 51.5 Å². The molecule has 6 heteroatoms. The maximum absolute atomic E-state index is 6.11. The molecule has 238 valence electrons. The molecule has 0 aliphatic carbocycles. The smallest absolute Gasteiger partial charge is 0.164 e. The zero-order valence-corrected chi connectivity index (χ0v) is 28.6. The Morgan fingerprint density at radius 1 is 0.353 bits per heavy atom. The lowest BCUT2D eigenvalue weighted by atomic mass is 10.0. The van der Waals surface area contributed by atoms with Gasteiger partial charge in [-0.05, 0) is 65.7 Å². The maximum Gasteiger partial charge on any atom is 0.164 e. The van der Waals surface area contributed by atoms with Crippen molar-refractivity contribution in [2.24, 2.45) is 0 Å². The van der Waals surface area contributed by atoms with Gasteiger partial charge < -0.3 is 4.42 Å². The van der Waals surface area contributed by atoms with E-state index in [0.29, 0.717) is 17.5 Å². The van der Waals surface area contributed by atoms with Crippen LogP contribution in [0.1, 0.15) is 0 Å². The molecule has 4 heterocycles. The first-order valence-electron chi connectivity index (χ1n) is 16.8. The summed E-state index contributed by atoms with van der Waals surface area (Å²) in [7, 11) is 0. The van der Waals surface area contributed by atoms with Crippen molar-refractivity contribution in [3.8, 4) is 45.3 Å². The van der Waals surface area contributed by atoms with Crippen molar-refractivity contribution < 1.29 is 4.42 Å². The van der Waals surface area contributed by atoms with Gasteiger partial charge in [0.25, 0.3) is 0 Å². The van der Waals surface area contributed by atoms with Gasteiger partial charge in [-0.1, -0.05) is 97.1 Å². The normalized spacial score (nSPS) is 11.9. The topological polar surface area (TPSA) is 51.8 Å². The van der Waals surface area contributed by atoms with Gasteiger partial charge in [0.15, 0.2) is 17.5 Å². The van der Waals surface area contributed by atoms with Crippen molar-refractivity contribution in [1.29, 1.82) is 0 Å². The SMILES string of the molecule is c1ccc(-c2nc(-c3ccc4oc5ccccc5c4c3)nc(-c3ccc4sc5cc(-c6cccc7c6sc6ccccc67)ccc5c4c3)n2)cc1. The number of furan rings is 1. The number of fused-ring (bicyclic) bond motifs is 9. The number of hydrogen-bond acceptors (Lipinski definition) is 6. The number of rotatable bonds is 4. The molecule has 0 radical (unpaired) electrons. The number of hydrogen-bond donors (Lipinski definition) is 0. The summed E-state index contributed by atoms with van der Waals surface area (Å²) >= 11 is 3.70. The van der Waals surface area contributed by atoms with Gasteiger partial charge >= 0.3 is 0 Å². The Bertz CT molecular complexity index is 3160. The average molecular weight is 688 g/mol. The molecule has 0 aliphatic rings. The summed E-state index contributed by atoms with van der Waals surface area (Å²) in [6.07, 6.45) is 0. The predicted molar refractivity (Wildman–Crippen MR) is 215 cm³/mol. The Morgan fingerprint density at radius 2 is 0.980 bits per heavy atom. The van der Waals surface area contributed by atoms with E-state index in [0.717, 1.165) is 38.6 Å². The van der Waals surface area contributed by atoms with E-state index in [9.17, 15) is 0 Å². The Balaban J connectivity index is 1.05. The molecule has 0 spiro atoms.